The highest BCUT2D eigenvalue weighted by atomic mass is 35.5. The molecule has 0 atom stereocenters. The lowest BCUT2D eigenvalue weighted by Gasteiger charge is -2.28. The second-order valence-corrected chi connectivity index (χ2v) is 5.88. The third-order valence-corrected chi connectivity index (χ3v) is 5.13. The fraction of sp³-hybridized carbons (Fsp3) is 1.00. The number of alkyl halides is 1. The standard InChI is InChI=1S/C9H21ClO3Si.H3N/c1-4-11-14(12-5-2,13-6-3)9-7-8-10;/h4-9H2,1-3H3;1H3. The molecule has 0 fully saturated rings. The van der Waals surface area contributed by atoms with Gasteiger partial charge < -0.3 is 19.4 Å². The summed E-state index contributed by atoms with van der Waals surface area (Å²) in [6.07, 6.45) is 0.883. The van der Waals surface area contributed by atoms with Crippen molar-refractivity contribution >= 4 is 20.4 Å². The Morgan fingerprint density at radius 2 is 1.33 bits per heavy atom. The van der Waals surface area contributed by atoms with Crippen molar-refractivity contribution in [3.8, 4) is 0 Å². The van der Waals surface area contributed by atoms with E-state index in [4.69, 9.17) is 24.9 Å². The van der Waals surface area contributed by atoms with Crippen LogP contribution in [0.4, 0.5) is 0 Å². The highest BCUT2D eigenvalue weighted by molar-refractivity contribution is 6.60. The minimum atomic E-state index is -2.40. The molecule has 0 bridgehead atoms. The van der Waals surface area contributed by atoms with Crippen LogP contribution in [0.1, 0.15) is 27.2 Å². The molecule has 0 aromatic rings. The Morgan fingerprint density at radius 1 is 0.933 bits per heavy atom. The van der Waals surface area contributed by atoms with E-state index in [0.717, 1.165) is 12.5 Å². The molecule has 0 aliphatic carbocycles. The van der Waals surface area contributed by atoms with Gasteiger partial charge in [-0.15, -0.1) is 11.6 Å². The quantitative estimate of drug-likeness (QED) is 0.510. The minimum Gasteiger partial charge on any atom is -0.374 e. The van der Waals surface area contributed by atoms with Gasteiger partial charge in [-0.2, -0.15) is 0 Å². The van der Waals surface area contributed by atoms with Gasteiger partial charge in [0, 0.05) is 31.7 Å². The minimum absolute atomic E-state index is 0. The van der Waals surface area contributed by atoms with Crippen molar-refractivity contribution in [3.63, 3.8) is 0 Å². The molecule has 4 nitrogen and oxygen atoms in total. The molecule has 0 aliphatic rings. The predicted molar refractivity (Wildman–Crippen MR) is 65.8 cm³/mol. The molecule has 6 heteroatoms. The molecule has 0 heterocycles. The Morgan fingerprint density at radius 3 is 1.60 bits per heavy atom. The topological polar surface area (TPSA) is 62.7 Å². The lowest BCUT2D eigenvalue weighted by atomic mass is 10.6. The third kappa shape index (κ3) is 7.27. The molecule has 0 unspecified atom stereocenters. The summed E-state index contributed by atoms with van der Waals surface area (Å²) in [5, 5.41) is 0. The summed E-state index contributed by atoms with van der Waals surface area (Å²) in [5.74, 6) is 0.627. The van der Waals surface area contributed by atoms with Gasteiger partial charge in [0.25, 0.3) is 0 Å². The smallest absolute Gasteiger partial charge is 0.374 e. The van der Waals surface area contributed by atoms with Crippen LogP contribution in [0.5, 0.6) is 0 Å². The summed E-state index contributed by atoms with van der Waals surface area (Å²) in [6.45, 7) is 7.78. The maximum atomic E-state index is 5.66. The van der Waals surface area contributed by atoms with E-state index in [2.05, 4.69) is 0 Å². The summed E-state index contributed by atoms with van der Waals surface area (Å²) >= 11 is 5.66. The monoisotopic (exact) mass is 257 g/mol. The second-order valence-electron chi connectivity index (χ2n) is 2.77. The number of rotatable bonds is 9. The van der Waals surface area contributed by atoms with Crippen LogP contribution in [-0.4, -0.2) is 34.5 Å². The first-order valence-electron chi connectivity index (χ1n) is 5.22. The number of hydrogen-bond donors (Lipinski definition) is 1. The van der Waals surface area contributed by atoms with Crippen LogP contribution in [0.3, 0.4) is 0 Å². The Bertz CT molecular complexity index is 124. The molecule has 3 N–H and O–H groups in total. The van der Waals surface area contributed by atoms with Crippen LogP contribution >= 0.6 is 11.6 Å². The first-order valence-corrected chi connectivity index (χ1v) is 7.69. The van der Waals surface area contributed by atoms with E-state index in [-0.39, 0.29) is 6.15 Å². The molecule has 0 rings (SSSR count). The van der Waals surface area contributed by atoms with Crippen molar-refractivity contribution < 1.29 is 13.3 Å². The van der Waals surface area contributed by atoms with Crippen molar-refractivity contribution in [1.29, 1.82) is 0 Å². The van der Waals surface area contributed by atoms with Crippen LogP contribution in [0.15, 0.2) is 0 Å². The Hall–Kier alpha value is 0.347. The number of halogens is 1. The molecular weight excluding hydrogens is 234 g/mol. The van der Waals surface area contributed by atoms with E-state index in [0.29, 0.717) is 25.7 Å². The highest BCUT2D eigenvalue weighted by Gasteiger charge is 2.39. The molecule has 0 saturated carbocycles. The summed E-state index contributed by atoms with van der Waals surface area (Å²) in [5.41, 5.74) is 0. The van der Waals surface area contributed by atoms with Crippen LogP contribution in [0, 0.1) is 0 Å². The molecule has 0 amide bonds. The fourth-order valence-electron chi connectivity index (χ4n) is 1.28. The van der Waals surface area contributed by atoms with Crippen molar-refractivity contribution in [2.75, 3.05) is 25.7 Å². The Balaban J connectivity index is 0. The summed E-state index contributed by atoms with van der Waals surface area (Å²) in [6, 6.07) is 0.812. The van der Waals surface area contributed by atoms with E-state index in [1.807, 2.05) is 20.8 Å². The van der Waals surface area contributed by atoms with E-state index in [9.17, 15) is 0 Å². The fourth-order valence-corrected chi connectivity index (χ4v) is 4.25. The van der Waals surface area contributed by atoms with Gasteiger partial charge in [0.1, 0.15) is 0 Å². The molecule has 0 spiro atoms. The Labute approximate surface area is 99.2 Å². The largest absolute Gasteiger partial charge is 0.500 e. The van der Waals surface area contributed by atoms with Crippen LogP contribution < -0.4 is 6.15 Å². The predicted octanol–water partition coefficient (Wildman–Crippen LogP) is 2.83. The van der Waals surface area contributed by atoms with Gasteiger partial charge in [-0.1, -0.05) is 0 Å². The van der Waals surface area contributed by atoms with Crippen molar-refractivity contribution in [1.82, 2.24) is 6.15 Å². The SMILES string of the molecule is CCO[Si](CCCCl)(OCC)OCC.N. The van der Waals surface area contributed by atoms with Gasteiger partial charge in [0.2, 0.25) is 0 Å². The van der Waals surface area contributed by atoms with Gasteiger partial charge >= 0.3 is 8.80 Å². The van der Waals surface area contributed by atoms with E-state index in [1.165, 1.54) is 0 Å². The normalized spacial score (nSPS) is 11.2. The van der Waals surface area contributed by atoms with Crippen molar-refractivity contribution in [2.24, 2.45) is 0 Å². The third-order valence-electron chi connectivity index (χ3n) is 1.71. The molecule has 0 aromatic carbocycles. The Kier molecular flexibility index (Phi) is 12.8. The van der Waals surface area contributed by atoms with Gasteiger partial charge in [-0.05, 0) is 27.2 Å². The maximum Gasteiger partial charge on any atom is 0.500 e. The van der Waals surface area contributed by atoms with Gasteiger partial charge in [-0.25, -0.2) is 0 Å². The van der Waals surface area contributed by atoms with Gasteiger partial charge in [0.05, 0.1) is 0 Å². The molecule has 0 radical (unpaired) electrons. The zero-order chi connectivity index (χ0) is 10.9. The maximum absolute atomic E-state index is 5.66. The molecule has 15 heavy (non-hydrogen) atoms. The second kappa shape index (κ2) is 10.9. The van der Waals surface area contributed by atoms with Gasteiger partial charge in [0.15, 0.2) is 0 Å². The number of hydrogen-bond acceptors (Lipinski definition) is 4. The zero-order valence-corrected chi connectivity index (χ0v) is 11.8. The first-order chi connectivity index (χ1) is 6.74. The first kappa shape index (κ1) is 17.7. The molecule has 94 valence electrons. The van der Waals surface area contributed by atoms with Gasteiger partial charge in [-0.3, -0.25) is 0 Å². The van der Waals surface area contributed by atoms with Crippen LogP contribution in [0.25, 0.3) is 0 Å². The van der Waals surface area contributed by atoms with Crippen LogP contribution in [0.2, 0.25) is 6.04 Å². The molecular formula is C9H24ClNO3Si. The average Bonchev–Trinajstić information content (AvgIpc) is 2.16. The summed E-state index contributed by atoms with van der Waals surface area (Å²) < 4.78 is 16.9. The molecule has 0 saturated heterocycles. The molecule has 0 aliphatic heterocycles. The summed E-state index contributed by atoms with van der Waals surface area (Å²) in [7, 11) is -2.40. The highest BCUT2D eigenvalue weighted by Crippen LogP contribution is 2.18. The van der Waals surface area contributed by atoms with Crippen molar-refractivity contribution in [3.05, 3.63) is 0 Å². The van der Waals surface area contributed by atoms with E-state index < -0.39 is 8.80 Å². The van der Waals surface area contributed by atoms with E-state index in [1.54, 1.807) is 0 Å². The average molecular weight is 258 g/mol. The lowest BCUT2D eigenvalue weighted by molar-refractivity contribution is 0.0712. The van der Waals surface area contributed by atoms with E-state index >= 15 is 0 Å². The van der Waals surface area contributed by atoms with Crippen molar-refractivity contribution in [2.45, 2.75) is 33.2 Å². The molecule has 0 aromatic heterocycles. The van der Waals surface area contributed by atoms with Crippen LogP contribution in [-0.2, 0) is 13.3 Å². The zero-order valence-electron chi connectivity index (χ0n) is 10.1. The lowest BCUT2D eigenvalue weighted by Crippen LogP contribution is -2.46. The summed E-state index contributed by atoms with van der Waals surface area (Å²) in [4.78, 5) is 0.